The van der Waals surface area contributed by atoms with E-state index in [-0.39, 0.29) is 6.61 Å². The van der Waals surface area contributed by atoms with Crippen molar-refractivity contribution in [1.29, 1.82) is 0 Å². The third-order valence-corrected chi connectivity index (χ3v) is 6.27. The SMILES string of the molecule is Cc1ccc(S(=O)(=O)C2(CO)CCCC2)cc1. The first-order chi connectivity index (χ1) is 8.02. The number of hydrogen-bond acceptors (Lipinski definition) is 3. The molecule has 1 aromatic carbocycles. The Morgan fingerprint density at radius 3 is 2.18 bits per heavy atom. The fourth-order valence-corrected chi connectivity index (χ4v) is 4.49. The molecule has 0 amide bonds. The maximum absolute atomic E-state index is 12.5. The van der Waals surface area contributed by atoms with Crippen molar-refractivity contribution in [2.45, 2.75) is 42.2 Å². The number of sulfone groups is 1. The van der Waals surface area contributed by atoms with E-state index in [2.05, 4.69) is 0 Å². The second-order valence-electron chi connectivity index (χ2n) is 4.86. The third kappa shape index (κ3) is 2.00. The van der Waals surface area contributed by atoms with Gasteiger partial charge >= 0.3 is 0 Å². The van der Waals surface area contributed by atoms with E-state index < -0.39 is 14.6 Å². The highest BCUT2D eigenvalue weighted by atomic mass is 32.2. The number of aliphatic hydroxyl groups is 1. The molecule has 0 saturated heterocycles. The van der Waals surface area contributed by atoms with Crippen LogP contribution in [0.1, 0.15) is 31.2 Å². The molecular formula is C13H18O3S. The number of aliphatic hydroxyl groups excluding tert-OH is 1. The van der Waals surface area contributed by atoms with Gasteiger partial charge in [-0.05, 0) is 31.9 Å². The summed E-state index contributed by atoms with van der Waals surface area (Å²) < 4.78 is 24.1. The lowest BCUT2D eigenvalue weighted by Crippen LogP contribution is -2.39. The van der Waals surface area contributed by atoms with E-state index in [0.29, 0.717) is 17.7 Å². The molecule has 1 aliphatic rings. The van der Waals surface area contributed by atoms with E-state index in [1.165, 1.54) is 0 Å². The highest BCUT2D eigenvalue weighted by Crippen LogP contribution is 2.40. The lowest BCUT2D eigenvalue weighted by Gasteiger charge is -2.26. The Labute approximate surface area is 102 Å². The van der Waals surface area contributed by atoms with Crippen LogP contribution < -0.4 is 0 Å². The van der Waals surface area contributed by atoms with Crippen LogP contribution >= 0.6 is 0 Å². The molecule has 1 aliphatic carbocycles. The van der Waals surface area contributed by atoms with Gasteiger partial charge in [-0.15, -0.1) is 0 Å². The quantitative estimate of drug-likeness (QED) is 0.898. The molecule has 0 aromatic heterocycles. The summed E-state index contributed by atoms with van der Waals surface area (Å²) in [6, 6.07) is 6.88. The standard InChI is InChI=1S/C13H18O3S/c1-11-4-6-12(7-5-11)17(15,16)13(10-14)8-2-3-9-13/h4-7,14H,2-3,8-10H2,1H3. The van der Waals surface area contributed by atoms with Crippen molar-refractivity contribution in [2.24, 2.45) is 0 Å². The van der Waals surface area contributed by atoms with E-state index in [0.717, 1.165) is 18.4 Å². The minimum Gasteiger partial charge on any atom is -0.395 e. The highest BCUT2D eigenvalue weighted by Gasteiger charge is 2.46. The van der Waals surface area contributed by atoms with Gasteiger partial charge in [0, 0.05) is 0 Å². The van der Waals surface area contributed by atoms with Gasteiger partial charge in [-0.25, -0.2) is 8.42 Å². The van der Waals surface area contributed by atoms with E-state index in [1.54, 1.807) is 24.3 Å². The Hall–Kier alpha value is -0.870. The van der Waals surface area contributed by atoms with Crippen LogP contribution in [0.2, 0.25) is 0 Å². The van der Waals surface area contributed by atoms with Gasteiger partial charge in [0.05, 0.1) is 16.2 Å². The summed E-state index contributed by atoms with van der Waals surface area (Å²) in [6.45, 7) is 1.65. The van der Waals surface area contributed by atoms with Gasteiger partial charge in [-0.2, -0.15) is 0 Å². The molecule has 1 N–H and O–H groups in total. The Balaban J connectivity index is 2.45. The fourth-order valence-electron chi connectivity index (χ4n) is 2.50. The van der Waals surface area contributed by atoms with E-state index >= 15 is 0 Å². The van der Waals surface area contributed by atoms with Crippen LogP contribution in [0.5, 0.6) is 0 Å². The molecule has 0 aliphatic heterocycles. The largest absolute Gasteiger partial charge is 0.395 e. The monoisotopic (exact) mass is 254 g/mol. The number of rotatable bonds is 3. The third-order valence-electron chi connectivity index (χ3n) is 3.70. The van der Waals surface area contributed by atoms with Crippen molar-refractivity contribution < 1.29 is 13.5 Å². The number of hydrogen-bond donors (Lipinski definition) is 1. The first kappa shape index (κ1) is 12.6. The topological polar surface area (TPSA) is 54.4 Å². The minimum absolute atomic E-state index is 0.275. The van der Waals surface area contributed by atoms with Crippen LogP contribution in [-0.2, 0) is 9.84 Å². The molecule has 2 rings (SSSR count). The molecule has 3 nitrogen and oxygen atoms in total. The van der Waals surface area contributed by atoms with Gasteiger partial charge < -0.3 is 5.11 Å². The molecule has 1 fully saturated rings. The molecule has 4 heteroatoms. The van der Waals surface area contributed by atoms with Crippen molar-refractivity contribution in [3.8, 4) is 0 Å². The maximum Gasteiger partial charge on any atom is 0.186 e. The van der Waals surface area contributed by atoms with Crippen molar-refractivity contribution in [3.05, 3.63) is 29.8 Å². The number of aryl methyl sites for hydroxylation is 1. The molecule has 0 bridgehead atoms. The summed E-state index contributed by atoms with van der Waals surface area (Å²) >= 11 is 0. The predicted molar refractivity (Wildman–Crippen MR) is 66.6 cm³/mol. The van der Waals surface area contributed by atoms with Gasteiger partial charge in [0.15, 0.2) is 9.84 Å². The molecule has 0 radical (unpaired) electrons. The molecule has 1 saturated carbocycles. The average Bonchev–Trinajstić information content (AvgIpc) is 2.79. The molecule has 0 atom stereocenters. The highest BCUT2D eigenvalue weighted by molar-refractivity contribution is 7.92. The van der Waals surface area contributed by atoms with Crippen molar-refractivity contribution in [3.63, 3.8) is 0 Å². The zero-order valence-electron chi connectivity index (χ0n) is 10.0. The predicted octanol–water partition coefficient (Wildman–Crippen LogP) is 2.07. The first-order valence-electron chi connectivity index (χ1n) is 5.94. The molecule has 17 heavy (non-hydrogen) atoms. The zero-order chi connectivity index (χ0) is 12.5. The summed E-state index contributed by atoms with van der Waals surface area (Å²) in [7, 11) is -3.42. The summed E-state index contributed by atoms with van der Waals surface area (Å²) in [4.78, 5) is 0.332. The van der Waals surface area contributed by atoms with Crippen LogP contribution in [0, 0.1) is 6.92 Å². The second kappa shape index (κ2) is 4.42. The van der Waals surface area contributed by atoms with Gasteiger partial charge in [0.1, 0.15) is 0 Å². The zero-order valence-corrected chi connectivity index (χ0v) is 10.8. The van der Waals surface area contributed by atoms with Crippen LogP contribution in [0.25, 0.3) is 0 Å². The van der Waals surface area contributed by atoms with Gasteiger partial charge in [0.2, 0.25) is 0 Å². The van der Waals surface area contributed by atoms with Crippen molar-refractivity contribution in [1.82, 2.24) is 0 Å². The maximum atomic E-state index is 12.5. The normalized spacial score (nSPS) is 19.4. The summed E-state index contributed by atoms with van der Waals surface area (Å²) in [5, 5.41) is 9.49. The fraction of sp³-hybridized carbons (Fsp3) is 0.538. The molecular weight excluding hydrogens is 236 g/mol. The first-order valence-corrected chi connectivity index (χ1v) is 7.42. The smallest absolute Gasteiger partial charge is 0.186 e. The second-order valence-corrected chi connectivity index (χ2v) is 7.21. The Morgan fingerprint density at radius 1 is 1.18 bits per heavy atom. The summed E-state index contributed by atoms with van der Waals surface area (Å²) in [5.41, 5.74) is 1.04. The summed E-state index contributed by atoms with van der Waals surface area (Å²) in [5.74, 6) is 0. The molecule has 94 valence electrons. The van der Waals surface area contributed by atoms with Gasteiger partial charge in [-0.3, -0.25) is 0 Å². The van der Waals surface area contributed by atoms with Crippen LogP contribution in [0.3, 0.4) is 0 Å². The molecule has 1 aromatic rings. The Bertz CT molecular complexity index is 482. The van der Waals surface area contributed by atoms with Crippen molar-refractivity contribution >= 4 is 9.84 Å². The van der Waals surface area contributed by atoms with Gasteiger partial charge in [0.25, 0.3) is 0 Å². The lowest BCUT2D eigenvalue weighted by atomic mass is 10.1. The number of benzene rings is 1. The average molecular weight is 254 g/mol. The molecule has 0 heterocycles. The van der Waals surface area contributed by atoms with Crippen molar-refractivity contribution in [2.75, 3.05) is 6.61 Å². The van der Waals surface area contributed by atoms with Crippen LogP contribution in [-0.4, -0.2) is 24.9 Å². The van der Waals surface area contributed by atoms with E-state index in [4.69, 9.17) is 0 Å². The van der Waals surface area contributed by atoms with Crippen LogP contribution in [0.15, 0.2) is 29.2 Å². The van der Waals surface area contributed by atoms with E-state index in [1.807, 2.05) is 6.92 Å². The minimum atomic E-state index is -3.42. The Kier molecular flexibility index (Phi) is 3.27. The van der Waals surface area contributed by atoms with E-state index in [9.17, 15) is 13.5 Å². The lowest BCUT2D eigenvalue weighted by molar-refractivity contribution is 0.242. The molecule has 0 unspecified atom stereocenters. The Morgan fingerprint density at radius 2 is 1.71 bits per heavy atom. The van der Waals surface area contributed by atoms with Crippen LogP contribution in [0.4, 0.5) is 0 Å². The summed E-state index contributed by atoms with van der Waals surface area (Å²) in [6.07, 6.45) is 2.90. The van der Waals surface area contributed by atoms with Gasteiger partial charge in [-0.1, -0.05) is 30.5 Å². The molecule has 0 spiro atoms.